The molecule has 82 valence electrons. The Labute approximate surface area is 93.6 Å². The summed E-state index contributed by atoms with van der Waals surface area (Å²) in [7, 11) is 0. The van der Waals surface area contributed by atoms with Crippen LogP contribution in [0.25, 0.3) is 0 Å². The summed E-state index contributed by atoms with van der Waals surface area (Å²) >= 11 is 0. The van der Waals surface area contributed by atoms with Gasteiger partial charge in [-0.15, -0.1) is 0 Å². The largest absolute Gasteiger partial charge is 0.504 e. The van der Waals surface area contributed by atoms with Crippen LogP contribution in [0.2, 0.25) is 0 Å². The molecule has 4 nitrogen and oxygen atoms in total. The Hall–Kier alpha value is -2.10. The minimum absolute atomic E-state index is 0.0857. The Kier molecular flexibility index (Phi) is 2.72. The lowest BCUT2D eigenvalue weighted by atomic mass is 10.3. The van der Waals surface area contributed by atoms with E-state index in [9.17, 15) is 5.11 Å². The molecule has 16 heavy (non-hydrogen) atoms. The van der Waals surface area contributed by atoms with Crippen molar-refractivity contribution in [2.75, 3.05) is 0 Å². The molecule has 2 rings (SSSR count). The Morgan fingerprint density at radius 2 is 1.88 bits per heavy atom. The van der Waals surface area contributed by atoms with Crippen LogP contribution in [0, 0.1) is 13.8 Å². The van der Waals surface area contributed by atoms with E-state index in [4.69, 9.17) is 4.74 Å². The molecular weight excluding hydrogens is 204 g/mol. The summed E-state index contributed by atoms with van der Waals surface area (Å²) in [5.41, 5.74) is 1.68. The summed E-state index contributed by atoms with van der Waals surface area (Å²) in [5.74, 6) is 0.840. The highest BCUT2D eigenvalue weighted by Crippen LogP contribution is 2.28. The first kappa shape index (κ1) is 10.4. The lowest BCUT2D eigenvalue weighted by molar-refractivity contribution is 0.400. The smallest absolute Gasteiger partial charge is 0.238 e. The zero-order valence-corrected chi connectivity index (χ0v) is 9.14. The van der Waals surface area contributed by atoms with E-state index in [1.165, 1.54) is 6.20 Å². The van der Waals surface area contributed by atoms with E-state index >= 15 is 0 Å². The van der Waals surface area contributed by atoms with Gasteiger partial charge >= 0.3 is 0 Å². The fraction of sp³-hybridized carbons (Fsp3) is 0.167. The molecule has 1 aromatic carbocycles. The molecule has 0 saturated carbocycles. The van der Waals surface area contributed by atoms with Crippen molar-refractivity contribution in [2.24, 2.45) is 0 Å². The SMILES string of the molecule is Cc1ncc(Oc2ccccc2O)nc1C. The first-order valence-corrected chi connectivity index (χ1v) is 4.93. The van der Waals surface area contributed by atoms with Gasteiger partial charge in [0.15, 0.2) is 11.5 Å². The van der Waals surface area contributed by atoms with Gasteiger partial charge in [0.1, 0.15) is 0 Å². The molecule has 0 fully saturated rings. The molecule has 0 amide bonds. The van der Waals surface area contributed by atoms with Crippen molar-refractivity contribution < 1.29 is 9.84 Å². The second kappa shape index (κ2) is 4.18. The lowest BCUT2D eigenvalue weighted by Gasteiger charge is -2.07. The second-order valence-electron chi connectivity index (χ2n) is 3.45. The van der Waals surface area contributed by atoms with E-state index in [0.717, 1.165) is 11.4 Å². The highest BCUT2D eigenvalue weighted by molar-refractivity contribution is 5.40. The fourth-order valence-electron chi connectivity index (χ4n) is 1.23. The maximum absolute atomic E-state index is 9.52. The van der Waals surface area contributed by atoms with E-state index in [-0.39, 0.29) is 5.75 Å². The van der Waals surface area contributed by atoms with Crippen molar-refractivity contribution in [1.29, 1.82) is 0 Å². The van der Waals surface area contributed by atoms with Crippen LogP contribution in [0.15, 0.2) is 30.5 Å². The number of aromatic hydroxyl groups is 1. The summed E-state index contributed by atoms with van der Waals surface area (Å²) in [6.07, 6.45) is 1.54. The molecule has 0 unspecified atom stereocenters. The van der Waals surface area contributed by atoms with Gasteiger partial charge in [-0.3, -0.25) is 4.98 Å². The third-order valence-corrected chi connectivity index (χ3v) is 2.25. The number of para-hydroxylation sites is 2. The molecule has 0 aliphatic carbocycles. The van der Waals surface area contributed by atoms with Crippen LogP contribution in [0.4, 0.5) is 0 Å². The van der Waals surface area contributed by atoms with Crippen LogP contribution in [0.3, 0.4) is 0 Å². The van der Waals surface area contributed by atoms with E-state index < -0.39 is 0 Å². The quantitative estimate of drug-likeness (QED) is 0.838. The lowest BCUT2D eigenvalue weighted by Crippen LogP contribution is -1.95. The van der Waals surface area contributed by atoms with Gasteiger partial charge in [0, 0.05) is 0 Å². The molecule has 0 atom stereocenters. The van der Waals surface area contributed by atoms with Gasteiger partial charge < -0.3 is 9.84 Å². The van der Waals surface area contributed by atoms with Crippen molar-refractivity contribution in [3.63, 3.8) is 0 Å². The zero-order chi connectivity index (χ0) is 11.5. The van der Waals surface area contributed by atoms with Crippen LogP contribution in [-0.4, -0.2) is 15.1 Å². The number of aryl methyl sites for hydroxylation is 2. The number of aromatic nitrogens is 2. The van der Waals surface area contributed by atoms with Crippen molar-refractivity contribution in [3.8, 4) is 17.4 Å². The van der Waals surface area contributed by atoms with Crippen LogP contribution in [-0.2, 0) is 0 Å². The molecule has 0 aliphatic heterocycles. The third kappa shape index (κ3) is 2.11. The molecule has 0 spiro atoms. The molecule has 0 aliphatic rings. The van der Waals surface area contributed by atoms with Gasteiger partial charge in [-0.05, 0) is 26.0 Å². The van der Waals surface area contributed by atoms with Gasteiger partial charge in [0.05, 0.1) is 17.6 Å². The van der Waals surface area contributed by atoms with Crippen molar-refractivity contribution in [1.82, 2.24) is 9.97 Å². The van der Waals surface area contributed by atoms with Crippen LogP contribution in [0.5, 0.6) is 17.4 Å². The minimum atomic E-state index is 0.0857. The fourth-order valence-corrected chi connectivity index (χ4v) is 1.23. The Morgan fingerprint density at radius 1 is 1.12 bits per heavy atom. The summed E-state index contributed by atoms with van der Waals surface area (Å²) < 4.78 is 5.42. The Morgan fingerprint density at radius 3 is 2.56 bits per heavy atom. The summed E-state index contributed by atoms with van der Waals surface area (Å²) in [5, 5.41) is 9.52. The second-order valence-corrected chi connectivity index (χ2v) is 3.45. The summed E-state index contributed by atoms with van der Waals surface area (Å²) in [6.45, 7) is 3.74. The summed E-state index contributed by atoms with van der Waals surface area (Å²) in [4.78, 5) is 8.35. The molecule has 0 bridgehead atoms. The molecule has 4 heteroatoms. The van der Waals surface area contributed by atoms with Crippen LogP contribution < -0.4 is 4.74 Å². The first-order chi connectivity index (χ1) is 7.66. The monoisotopic (exact) mass is 216 g/mol. The zero-order valence-electron chi connectivity index (χ0n) is 9.14. The van der Waals surface area contributed by atoms with Crippen molar-refractivity contribution >= 4 is 0 Å². The summed E-state index contributed by atoms with van der Waals surface area (Å²) in [6, 6.07) is 6.74. The van der Waals surface area contributed by atoms with Gasteiger partial charge in [0.2, 0.25) is 5.88 Å². The molecule has 2 aromatic rings. The van der Waals surface area contributed by atoms with Crippen LogP contribution >= 0.6 is 0 Å². The maximum Gasteiger partial charge on any atom is 0.238 e. The number of hydrogen-bond donors (Lipinski definition) is 1. The Balaban J connectivity index is 2.28. The van der Waals surface area contributed by atoms with Crippen LogP contribution in [0.1, 0.15) is 11.4 Å². The predicted molar refractivity (Wildman–Crippen MR) is 59.7 cm³/mol. The molecular formula is C12H12N2O2. The number of nitrogens with zero attached hydrogens (tertiary/aromatic N) is 2. The number of benzene rings is 1. The van der Waals surface area contributed by atoms with E-state index in [1.54, 1.807) is 24.3 Å². The molecule has 1 aromatic heterocycles. The number of hydrogen-bond acceptors (Lipinski definition) is 4. The highest BCUT2D eigenvalue weighted by Gasteiger charge is 2.05. The van der Waals surface area contributed by atoms with E-state index in [2.05, 4.69) is 9.97 Å². The predicted octanol–water partition coefficient (Wildman–Crippen LogP) is 2.59. The van der Waals surface area contributed by atoms with Gasteiger partial charge in [0.25, 0.3) is 0 Å². The normalized spacial score (nSPS) is 10.1. The van der Waals surface area contributed by atoms with Crippen molar-refractivity contribution in [2.45, 2.75) is 13.8 Å². The molecule has 1 heterocycles. The number of ether oxygens (including phenoxy) is 1. The van der Waals surface area contributed by atoms with E-state index in [1.807, 2.05) is 13.8 Å². The topological polar surface area (TPSA) is 55.2 Å². The standard InChI is InChI=1S/C12H12N2O2/c1-8-9(2)14-12(7-13-8)16-11-6-4-3-5-10(11)15/h3-7,15H,1-2H3. The molecule has 0 saturated heterocycles. The molecule has 0 radical (unpaired) electrons. The van der Waals surface area contributed by atoms with E-state index in [0.29, 0.717) is 11.6 Å². The Bertz CT molecular complexity index is 512. The highest BCUT2D eigenvalue weighted by atomic mass is 16.5. The van der Waals surface area contributed by atoms with Gasteiger partial charge in [-0.25, -0.2) is 4.98 Å². The first-order valence-electron chi connectivity index (χ1n) is 4.93. The van der Waals surface area contributed by atoms with Crippen molar-refractivity contribution in [3.05, 3.63) is 41.9 Å². The minimum Gasteiger partial charge on any atom is -0.504 e. The number of rotatable bonds is 2. The number of phenols is 1. The maximum atomic E-state index is 9.52. The third-order valence-electron chi connectivity index (χ3n) is 2.25. The number of phenolic OH excluding ortho intramolecular Hbond substituents is 1. The van der Waals surface area contributed by atoms with Gasteiger partial charge in [-0.1, -0.05) is 12.1 Å². The molecule has 1 N–H and O–H groups in total. The average Bonchev–Trinajstić information content (AvgIpc) is 2.27. The van der Waals surface area contributed by atoms with Gasteiger partial charge in [-0.2, -0.15) is 0 Å². The average molecular weight is 216 g/mol.